The minimum Gasteiger partial charge on any atom is -0.449 e. The number of hydrogen-bond acceptors (Lipinski definition) is 5. The van der Waals surface area contributed by atoms with E-state index in [0.717, 1.165) is 16.7 Å². The number of pyridine rings is 1. The molecule has 0 radical (unpaired) electrons. The first-order chi connectivity index (χ1) is 15.8. The van der Waals surface area contributed by atoms with Crippen molar-refractivity contribution in [3.8, 4) is 17.6 Å². The highest BCUT2D eigenvalue weighted by Gasteiger charge is 2.39. The quantitative estimate of drug-likeness (QED) is 0.541. The molecule has 0 spiro atoms. The molecular formula is C22H17F5N4O3. The molecule has 2 heterocycles. The summed E-state index contributed by atoms with van der Waals surface area (Å²) >= 11 is 0. The van der Waals surface area contributed by atoms with Crippen molar-refractivity contribution in [2.24, 2.45) is 0 Å². The third kappa shape index (κ3) is 4.83. The van der Waals surface area contributed by atoms with Gasteiger partial charge < -0.3 is 9.72 Å². The Morgan fingerprint density at radius 1 is 1.18 bits per heavy atom. The monoisotopic (exact) mass is 480 g/mol. The Morgan fingerprint density at radius 3 is 2.41 bits per heavy atom. The van der Waals surface area contributed by atoms with Gasteiger partial charge in [-0.2, -0.15) is 18.4 Å². The van der Waals surface area contributed by atoms with Crippen LogP contribution in [0.1, 0.15) is 45.6 Å². The highest BCUT2D eigenvalue weighted by molar-refractivity contribution is 5.51. The summed E-state index contributed by atoms with van der Waals surface area (Å²) in [6.07, 6.45) is -7.53. The van der Waals surface area contributed by atoms with E-state index in [9.17, 15) is 36.8 Å². The molecule has 34 heavy (non-hydrogen) atoms. The van der Waals surface area contributed by atoms with E-state index in [1.807, 2.05) is 0 Å². The highest BCUT2D eigenvalue weighted by atomic mass is 19.4. The highest BCUT2D eigenvalue weighted by Crippen LogP contribution is 2.37. The number of rotatable bonds is 5. The Bertz CT molecular complexity index is 1420. The Balaban J connectivity index is 2.20. The van der Waals surface area contributed by atoms with Crippen LogP contribution in [0.5, 0.6) is 11.5 Å². The van der Waals surface area contributed by atoms with Crippen molar-refractivity contribution in [3.63, 3.8) is 0 Å². The molecule has 0 atom stereocenters. The van der Waals surface area contributed by atoms with Crippen molar-refractivity contribution in [2.75, 3.05) is 0 Å². The van der Waals surface area contributed by atoms with E-state index < -0.39 is 53.0 Å². The molecule has 178 valence electrons. The average Bonchev–Trinajstić information content (AvgIpc) is 2.73. The maximum Gasteiger partial charge on any atom is 0.437 e. The second kappa shape index (κ2) is 9.09. The number of nitriles is 1. The Morgan fingerprint density at radius 2 is 1.85 bits per heavy atom. The number of aromatic nitrogens is 3. The fourth-order valence-corrected chi connectivity index (χ4v) is 3.29. The molecule has 3 rings (SSSR count). The molecule has 0 aliphatic rings. The Kier molecular flexibility index (Phi) is 6.58. The second-order valence-electron chi connectivity index (χ2n) is 7.50. The number of alkyl halides is 5. The number of benzene rings is 1. The van der Waals surface area contributed by atoms with E-state index in [1.54, 1.807) is 26.0 Å². The van der Waals surface area contributed by atoms with E-state index in [2.05, 4.69) is 9.97 Å². The molecule has 2 aromatic heterocycles. The molecule has 0 saturated heterocycles. The third-order valence-electron chi connectivity index (χ3n) is 5.05. The molecule has 0 aliphatic carbocycles. The van der Waals surface area contributed by atoms with Gasteiger partial charge in [0.15, 0.2) is 5.69 Å². The number of aryl methyl sites for hydroxylation is 2. The van der Waals surface area contributed by atoms with E-state index in [-0.39, 0.29) is 16.7 Å². The van der Waals surface area contributed by atoms with E-state index >= 15 is 0 Å². The lowest BCUT2D eigenvalue weighted by Crippen LogP contribution is -2.29. The zero-order valence-electron chi connectivity index (χ0n) is 18.1. The van der Waals surface area contributed by atoms with Crippen molar-refractivity contribution in [2.45, 2.75) is 39.9 Å². The lowest BCUT2D eigenvalue weighted by molar-refractivity contribution is -0.142. The van der Waals surface area contributed by atoms with Crippen LogP contribution in [0.2, 0.25) is 0 Å². The first kappa shape index (κ1) is 24.6. The van der Waals surface area contributed by atoms with Gasteiger partial charge in [-0.05, 0) is 44.5 Å². The predicted molar refractivity (Wildman–Crippen MR) is 110 cm³/mol. The van der Waals surface area contributed by atoms with Crippen LogP contribution in [0.15, 0.2) is 34.1 Å². The van der Waals surface area contributed by atoms with Gasteiger partial charge in [-0.15, -0.1) is 0 Å². The van der Waals surface area contributed by atoms with Crippen LogP contribution >= 0.6 is 0 Å². The molecule has 0 unspecified atom stereocenters. The van der Waals surface area contributed by atoms with Crippen molar-refractivity contribution in [3.05, 3.63) is 84.4 Å². The maximum atomic E-state index is 13.6. The second-order valence-corrected chi connectivity index (χ2v) is 7.50. The van der Waals surface area contributed by atoms with Crippen molar-refractivity contribution >= 4 is 0 Å². The number of nitrogens with zero attached hydrogens (tertiary/aromatic N) is 3. The van der Waals surface area contributed by atoms with Gasteiger partial charge in [0.05, 0.1) is 24.5 Å². The van der Waals surface area contributed by atoms with Crippen LogP contribution in [0.25, 0.3) is 0 Å². The fourth-order valence-electron chi connectivity index (χ4n) is 3.29. The lowest BCUT2D eigenvalue weighted by Gasteiger charge is -2.17. The van der Waals surface area contributed by atoms with Crippen LogP contribution in [0.4, 0.5) is 22.0 Å². The smallest absolute Gasteiger partial charge is 0.437 e. The number of ether oxygens (including phenoxy) is 1. The van der Waals surface area contributed by atoms with Crippen LogP contribution < -0.4 is 15.9 Å². The molecule has 12 heteroatoms. The minimum atomic E-state index is -5.11. The summed E-state index contributed by atoms with van der Waals surface area (Å²) in [5.41, 5.74) is -3.31. The number of aromatic amines is 1. The zero-order valence-corrected chi connectivity index (χ0v) is 18.1. The zero-order chi connectivity index (χ0) is 25.4. The summed E-state index contributed by atoms with van der Waals surface area (Å²) < 4.78 is 73.2. The molecular weight excluding hydrogens is 463 g/mol. The van der Waals surface area contributed by atoms with E-state index in [0.29, 0.717) is 17.6 Å². The maximum absolute atomic E-state index is 13.6. The average molecular weight is 480 g/mol. The standard InChI is InChI=1S/C22H17F5N4O3/c1-10-4-11(2)30-20(32)15(10)8-31-9-29-18(22(25,26)27)17(21(31)33)34-16-6-13(19(23)24)5-14(7-28)12(16)3/h4-6,9,19H,8H2,1-3H3,(H,30,32). The van der Waals surface area contributed by atoms with Crippen molar-refractivity contribution in [1.82, 2.24) is 14.5 Å². The third-order valence-corrected chi connectivity index (χ3v) is 5.05. The van der Waals surface area contributed by atoms with Crippen molar-refractivity contribution in [1.29, 1.82) is 5.26 Å². The summed E-state index contributed by atoms with van der Waals surface area (Å²) in [6.45, 7) is 4.10. The first-order valence-corrected chi connectivity index (χ1v) is 9.70. The van der Waals surface area contributed by atoms with Gasteiger partial charge in [-0.25, -0.2) is 13.8 Å². The van der Waals surface area contributed by atoms with Crippen LogP contribution in [0.3, 0.4) is 0 Å². The van der Waals surface area contributed by atoms with E-state index in [4.69, 9.17) is 4.74 Å². The summed E-state index contributed by atoms with van der Waals surface area (Å²) in [4.78, 5) is 31.1. The van der Waals surface area contributed by atoms with Gasteiger partial charge in [-0.3, -0.25) is 14.2 Å². The Labute approximate surface area is 189 Å². The first-order valence-electron chi connectivity index (χ1n) is 9.70. The van der Waals surface area contributed by atoms with Crippen LogP contribution in [-0.2, 0) is 12.7 Å². The molecule has 0 saturated carbocycles. The fraction of sp³-hybridized carbons (Fsp3) is 0.273. The summed E-state index contributed by atoms with van der Waals surface area (Å²) in [5.74, 6) is -1.80. The molecule has 1 N–H and O–H groups in total. The van der Waals surface area contributed by atoms with Gasteiger partial charge in [0.2, 0.25) is 5.75 Å². The summed E-state index contributed by atoms with van der Waals surface area (Å²) in [5, 5.41) is 9.19. The van der Waals surface area contributed by atoms with Gasteiger partial charge in [0.1, 0.15) is 5.75 Å². The number of hydrogen-bond donors (Lipinski definition) is 1. The van der Waals surface area contributed by atoms with Crippen molar-refractivity contribution < 1.29 is 26.7 Å². The number of H-pyrrole nitrogens is 1. The lowest BCUT2D eigenvalue weighted by atomic mass is 10.0. The summed E-state index contributed by atoms with van der Waals surface area (Å²) in [7, 11) is 0. The molecule has 0 aliphatic heterocycles. The molecule has 0 fully saturated rings. The largest absolute Gasteiger partial charge is 0.449 e. The molecule has 0 bridgehead atoms. The number of halogens is 5. The normalized spacial score (nSPS) is 11.5. The molecule has 3 aromatic rings. The molecule has 7 nitrogen and oxygen atoms in total. The van der Waals surface area contributed by atoms with Gasteiger partial charge >= 0.3 is 6.18 Å². The van der Waals surface area contributed by atoms with Crippen LogP contribution in [0, 0.1) is 32.1 Å². The van der Waals surface area contributed by atoms with E-state index in [1.165, 1.54) is 6.92 Å². The minimum absolute atomic E-state index is 0.0411. The predicted octanol–water partition coefficient (Wildman–Crippen LogP) is 4.53. The number of nitrogens with one attached hydrogen (secondary N) is 1. The molecule has 0 amide bonds. The summed E-state index contributed by atoms with van der Waals surface area (Å²) in [6, 6.07) is 4.93. The SMILES string of the molecule is Cc1cc(C)c(Cn2cnc(C(F)(F)F)c(Oc3cc(C(F)F)cc(C#N)c3C)c2=O)c(=O)[nH]1. The van der Waals surface area contributed by atoms with Gasteiger partial charge in [-0.1, -0.05) is 0 Å². The van der Waals surface area contributed by atoms with Gasteiger partial charge in [0.25, 0.3) is 17.5 Å². The van der Waals surface area contributed by atoms with Crippen LogP contribution in [-0.4, -0.2) is 14.5 Å². The topological polar surface area (TPSA) is 101 Å². The molecule has 1 aromatic carbocycles. The van der Waals surface area contributed by atoms with Gasteiger partial charge in [0, 0.05) is 22.4 Å². The Hall–Kier alpha value is -4.01.